The molecule has 0 saturated heterocycles. The molecular formula is C31H35N3O3. The van der Waals surface area contributed by atoms with E-state index in [4.69, 9.17) is 9.47 Å². The first-order valence-corrected chi connectivity index (χ1v) is 13.1. The van der Waals surface area contributed by atoms with Crippen LogP contribution in [0.5, 0.6) is 11.5 Å². The van der Waals surface area contributed by atoms with E-state index in [9.17, 15) is 5.11 Å². The van der Waals surface area contributed by atoms with Gasteiger partial charge in [-0.1, -0.05) is 36.4 Å². The van der Waals surface area contributed by atoms with E-state index in [1.54, 1.807) is 14.2 Å². The molecule has 0 spiro atoms. The molecule has 0 amide bonds. The Morgan fingerprint density at radius 1 is 0.973 bits per heavy atom. The fraction of sp³-hybridized carbons (Fsp3) is 0.355. The second-order valence-electron chi connectivity index (χ2n) is 10.3. The highest BCUT2D eigenvalue weighted by Gasteiger charge is 2.38. The van der Waals surface area contributed by atoms with Crippen LogP contribution in [0.3, 0.4) is 0 Å². The molecule has 6 nitrogen and oxygen atoms in total. The third-order valence-electron chi connectivity index (χ3n) is 8.31. The third-order valence-corrected chi connectivity index (χ3v) is 8.31. The van der Waals surface area contributed by atoms with Crippen LogP contribution in [-0.4, -0.2) is 52.9 Å². The minimum absolute atomic E-state index is 0.0154. The molecule has 6 rings (SSSR count). The van der Waals surface area contributed by atoms with Gasteiger partial charge in [0.05, 0.1) is 20.3 Å². The monoisotopic (exact) mass is 497 g/mol. The van der Waals surface area contributed by atoms with Crippen molar-refractivity contribution in [3.8, 4) is 11.5 Å². The molecule has 2 aliphatic heterocycles. The lowest BCUT2D eigenvalue weighted by atomic mass is 9.89. The van der Waals surface area contributed by atoms with E-state index >= 15 is 0 Å². The van der Waals surface area contributed by atoms with Crippen molar-refractivity contribution in [3.63, 3.8) is 0 Å². The van der Waals surface area contributed by atoms with Crippen LogP contribution >= 0.6 is 0 Å². The predicted molar refractivity (Wildman–Crippen MR) is 146 cm³/mol. The smallest absolute Gasteiger partial charge is 0.161 e. The second-order valence-corrected chi connectivity index (χ2v) is 10.3. The molecule has 0 aliphatic carbocycles. The van der Waals surface area contributed by atoms with Crippen molar-refractivity contribution < 1.29 is 14.6 Å². The zero-order valence-electron chi connectivity index (χ0n) is 21.8. The molecule has 1 aromatic heterocycles. The highest BCUT2D eigenvalue weighted by atomic mass is 16.5. The van der Waals surface area contributed by atoms with Gasteiger partial charge in [0.2, 0.25) is 0 Å². The van der Waals surface area contributed by atoms with Gasteiger partial charge in [0.25, 0.3) is 0 Å². The fourth-order valence-electron chi connectivity index (χ4n) is 6.24. The molecular weight excluding hydrogens is 462 g/mol. The Morgan fingerprint density at radius 2 is 1.76 bits per heavy atom. The normalized spacial score (nSPS) is 20.9. The first kappa shape index (κ1) is 24.0. The quantitative estimate of drug-likeness (QED) is 0.390. The highest BCUT2D eigenvalue weighted by molar-refractivity contribution is 5.79. The minimum Gasteiger partial charge on any atom is -0.493 e. The van der Waals surface area contributed by atoms with Crippen LogP contribution in [0.4, 0.5) is 0 Å². The first-order chi connectivity index (χ1) is 18.1. The number of ether oxygens (including phenoxy) is 2. The first-order valence-electron chi connectivity index (χ1n) is 13.1. The zero-order chi connectivity index (χ0) is 25.5. The molecule has 6 heteroatoms. The van der Waals surface area contributed by atoms with E-state index in [0.717, 1.165) is 49.5 Å². The van der Waals surface area contributed by atoms with Crippen LogP contribution in [0.25, 0.3) is 10.9 Å². The number of aromatic nitrogens is 1. The van der Waals surface area contributed by atoms with Crippen LogP contribution in [0.2, 0.25) is 0 Å². The van der Waals surface area contributed by atoms with Gasteiger partial charge in [-0.2, -0.15) is 0 Å². The van der Waals surface area contributed by atoms with Crippen molar-refractivity contribution >= 4 is 10.9 Å². The van der Waals surface area contributed by atoms with Crippen LogP contribution in [-0.2, 0) is 25.9 Å². The SMILES string of the molecule is COc1cc2c(cc1OC)C(C)N(C(O)C1Cc3ccccc3CN1Cc1ccc3cc[nH]c3c1)CC2. The molecule has 0 fully saturated rings. The Bertz CT molecular complexity index is 1410. The van der Waals surface area contributed by atoms with Crippen molar-refractivity contribution in [2.45, 2.75) is 51.2 Å². The van der Waals surface area contributed by atoms with Crippen molar-refractivity contribution in [1.82, 2.24) is 14.8 Å². The number of hydrogen-bond acceptors (Lipinski definition) is 5. The average Bonchev–Trinajstić information content (AvgIpc) is 3.40. The lowest BCUT2D eigenvalue weighted by Gasteiger charge is -2.46. The van der Waals surface area contributed by atoms with Gasteiger partial charge in [-0.05, 0) is 77.2 Å². The molecule has 3 heterocycles. The summed E-state index contributed by atoms with van der Waals surface area (Å²) in [6.07, 6.45) is 3.07. The molecule has 2 aliphatic rings. The van der Waals surface area contributed by atoms with E-state index < -0.39 is 6.23 Å². The second kappa shape index (κ2) is 9.86. The number of aliphatic hydroxyl groups excluding tert-OH is 1. The third kappa shape index (κ3) is 4.39. The van der Waals surface area contributed by atoms with Crippen molar-refractivity contribution in [3.05, 3.63) is 94.7 Å². The molecule has 3 aromatic carbocycles. The van der Waals surface area contributed by atoms with Crippen LogP contribution < -0.4 is 9.47 Å². The molecule has 3 unspecified atom stereocenters. The van der Waals surface area contributed by atoms with E-state index in [0.29, 0.717) is 0 Å². The van der Waals surface area contributed by atoms with Gasteiger partial charge in [-0.25, -0.2) is 0 Å². The Balaban J connectivity index is 1.30. The Hall–Kier alpha value is -3.32. The lowest BCUT2D eigenvalue weighted by molar-refractivity contribution is -0.0888. The van der Waals surface area contributed by atoms with Crippen molar-refractivity contribution in [1.29, 1.82) is 0 Å². The molecule has 0 radical (unpaired) electrons. The number of aromatic amines is 1. The summed E-state index contributed by atoms with van der Waals surface area (Å²) in [7, 11) is 3.35. The summed E-state index contributed by atoms with van der Waals surface area (Å²) >= 11 is 0. The van der Waals surface area contributed by atoms with Gasteiger partial charge in [0.1, 0.15) is 6.23 Å². The van der Waals surface area contributed by atoms with Crippen LogP contribution in [0, 0.1) is 0 Å². The number of aliphatic hydroxyl groups is 1. The summed E-state index contributed by atoms with van der Waals surface area (Å²) in [6.45, 7) is 4.60. The van der Waals surface area contributed by atoms with Gasteiger partial charge in [0.15, 0.2) is 11.5 Å². The standard InChI is InChI=1S/C31H35N3O3/c1-20-26-17-30(37-3)29(36-2)16-24(26)11-13-34(20)31(35)28-15-23-6-4-5-7-25(23)19-33(28)18-21-8-9-22-10-12-32-27(22)14-21/h4-10,12,14,16-17,20,28,31-32,35H,11,13,15,18-19H2,1-3H3. The van der Waals surface area contributed by atoms with Gasteiger partial charge in [-0.3, -0.25) is 9.80 Å². The summed E-state index contributed by atoms with van der Waals surface area (Å²) in [5, 5.41) is 13.2. The highest BCUT2D eigenvalue weighted by Crippen LogP contribution is 2.40. The van der Waals surface area contributed by atoms with E-state index in [1.807, 2.05) is 6.20 Å². The van der Waals surface area contributed by atoms with Gasteiger partial charge in [0, 0.05) is 37.4 Å². The van der Waals surface area contributed by atoms with Gasteiger partial charge in [-0.15, -0.1) is 0 Å². The van der Waals surface area contributed by atoms with E-state index in [2.05, 4.69) is 82.4 Å². The summed E-state index contributed by atoms with van der Waals surface area (Å²) in [5.74, 6) is 1.49. The van der Waals surface area contributed by atoms with E-state index in [1.165, 1.54) is 33.2 Å². The summed E-state index contributed by atoms with van der Waals surface area (Å²) in [4.78, 5) is 8.05. The van der Waals surface area contributed by atoms with Crippen molar-refractivity contribution in [2.24, 2.45) is 0 Å². The average molecular weight is 498 g/mol. The molecule has 3 atom stereocenters. The molecule has 0 bridgehead atoms. The molecule has 2 N–H and O–H groups in total. The fourth-order valence-corrected chi connectivity index (χ4v) is 6.24. The van der Waals surface area contributed by atoms with Gasteiger partial charge >= 0.3 is 0 Å². The molecule has 0 saturated carbocycles. The Labute approximate surface area is 218 Å². The Kier molecular flexibility index (Phi) is 6.41. The van der Waals surface area contributed by atoms with Gasteiger partial charge < -0.3 is 19.6 Å². The Morgan fingerprint density at radius 3 is 2.57 bits per heavy atom. The van der Waals surface area contributed by atoms with E-state index in [-0.39, 0.29) is 12.1 Å². The number of nitrogens with one attached hydrogen (secondary N) is 1. The largest absolute Gasteiger partial charge is 0.493 e. The van der Waals surface area contributed by atoms with Crippen LogP contribution in [0.15, 0.2) is 66.9 Å². The summed E-state index contributed by atoms with van der Waals surface area (Å²) < 4.78 is 11.1. The number of benzene rings is 3. The number of rotatable bonds is 6. The number of H-pyrrole nitrogens is 1. The topological polar surface area (TPSA) is 61.0 Å². The zero-order valence-corrected chi connectivity index (χ0v) is 21.8. The molecule has 4 aromatic rings. The number of nitrogens with zero attached hydrogens (tertiary/aromatic N) is 2. The van der Waals surface area contributed by atoms with Crippen LogP contribution in [0.1, 0.15) is 40.8 Å². The molecule has 37 heavy (non-hydrogen) atoms. The molecule has 192 valence electrons. The number of methoxy groups -OCH3 is 2. The van der Waals surface area contributed by atoms with Crippen molar-refractivity contribution in [2.75, 3.05) is 20.8 Å². The lowest BCUT2D eigenvalue weighted by Crippen LogP contribution is -2.55. The summed E-state index contributed by atoms with van der Waals surface area (Å²) in [6, 6.07) is 21.6. The number of hydrogen-bond donors (Lipinski definition) is 2. The minimum atomic E-state index is -0.598. The summed E-state index contributed by atoms with van der Waals surface area (Å²) in [5.41, 5.74) is 7.54. The maximum absolute atomic E-state index is 12.0. The predicted octanol–water partition coefficient (Wildman–Crippen LogP) is 5.05. The maximum Gasteiger partial charge on any atom is 0.161 e. The number of fused-ring (bicyclic) bond motifs is 3. The maximum atomic E-state index is 12.0.